The highest BCUT2D eigenvalue weighted by molar-refractivity contribution is 14.1. The quantitative estimate of drug-likeness (QED) is 0.470. The van der Waals surface area contributed by atoms with Crippen LogP contribution in [0.4, 0.5) is 0 Å². The van der Waals surface area contributed by atoms with E-state index in [0.29, 0.717) is 11.1 Å². The van der Waals surface area contributed by atoms with Crippen molar-refractivity contribution < 1.29 is 4.43 Å². The fourth-order valence-electron chi connectivity index (χ4n) is 2.17. The molecule has 1 saturated carbocycles. The molecule has 0 bridgehead atoms. The first-order valence-corrected chi connectivity index (χ1v) is 10.9. The van der Waals surface area contributed by atoms with Crippen LogP contribution in [0.1, 0.15) is 46.5 Å². The Bertz CT molecular complexity index is 262. The van der Waals surface area contributed by atoms with Gasteiger partial charge in [0.1, 0.15) is 0 Å². The van der Waals surface area contributed by atoms with Crippen LogP contribution in [0.2, 0.25) is 18.1 Å². The van der Waals surface area contributed by atoms with Gasteiger partial charge in [0.15, 0.2) is 8.32 Å². The largest absolute Gasteiger partial charge is 0.410 e. The lowest BCUT2D eigenvalue weighted by Gasteiger charge is -2.40. The maximum Gasteiger partial charge on any atom is 0.192 e. The lowest BCUT2D eigenvalue weighted by molar-refractivity contribution is 0.162. The van der Waals surface area contributed by atoms with Crippen LogP contribution in [0.5, 0.6) is 0 Å². The molecule has 0 aliphatic heterocycles. The Kier molecular flexibility index (Phi) is 5.72. The molecular weight excluding hydrogens is 339 g/mol. The van der Waals surface area contributed by atoms with E-state index in [9.17, 15) is 0 Å². The highest BCUT2D eigenvalue weighted by Gasteiger charge is 2.40. The van der Waals surface area contributed by atoms with Crippen molar-refractivity contribution in [1.29, 1.82) is 0 Å². The van der Waals surface area contributed by atoms with E-state index in [1.165, 1.54) is 25.7 Å². The lowest BCUT2D eigenvalue weighted by Crippen LogP contribution is -2.45. The van der Waals surface area contributed by atoms with Crippen molar-refractivity contribution in [2.24, 2.45) is 5.92 Å². The first-order chi connectivity index (χ1) is 7.78. The monoisotopic (exact) mass is 366 g/mol. The first kappa shape index (κ1) is 15.7. The second-order valence-corrected chi connectivity index (χ2v) is 12.2. The van der Waals surface area contributed by atoms with Gasteiger partial charge in [-0.2, -0.15) is 0 Å². The van der Waals surface area contributed by atoms with E-state index >= 15 is 0 Å². The van der Waals surface area contributed by atoms with Crippen molar-refractivity contribution in [2.45, 2.75) is 70.7 Å². The fraction of sp³-hybridized carbons (Fsp3) is 0.857. The Labute approximate surface area is 122 Å². The van der Waals surface area contributed by atoms with Crippen LogP contribution in [-0.2, 0) is 4.43 Å². The summed E-state index contributed by atoms with van der Waals surface area (Å²) < 4.78 is 8.71. The van der Waals surface area contributed by atoms with E-state index in [1.54, 1.807) is 0 Å². The van der Waals surface area contributed by atoms with Crippen LogP contribution in [0, 0.1) is 5.92 Å². The van der Waals surface area contributed by atoms with E-state index in [4.69, 9.17) is 4.43 Å². The maximum atomic E-state index is 6.57. The van der Waals surface area contributed by atoms with Gasteiger partial charge in [-0.1, -0.05) is 62.3 Å². The zero-order chi connectivity index (χ0) is 13.1. The van der Waals surface area contributed by atoms with E-state index in [1.807, 2.05) is 0 Å². The topological polar surface area (TPSA) is 9.23 Å². The van der Waals surface area contributed by atoms with Gasteiger partial charge in [-0.05, 0) is 41.0 Å². The molecule has 1 aliphatic rings. The Morgan fingerprint density at radius 1 is 1.24 bits per heavy atom. The third kappa shape index (κ3) is 4.35. The van der Waals surface area contributed by atoms with Crippen LogP contribution in [0.25, 0.3) is 0 Å². The Balaban J connectivity index is 2.72. The van der Waals surface area contributed by atoms with Crippen molar-refractivity contribution in [1.82, 2.24) is 0 Å². The van der Waals surface area contributed by atoms with Crippen molar-refractivity contribution >= 4 is 30.9 Å². The van der Waals surface area contributed by atoms with Gasteiger partial charge >= 0.3 is 0 Å². The van der Waals surface area contributed by atoms with Crippen LogP contribution >= 0.6 is 22.6 Å². The molecule has 0 N–H and O–H groups in total. The molecule has 0 spiro atoms. The van der Waals surface area contributed by atoms with Gasteiger partial charge in [0.05, 0.1) is 6.10 Å². The third-order valence-electron chi connectivity index (χ3n) is 4.36. The fourth-order valence-corrected chi connectivity index (χ4v) is 3.88. The number of halogens is 1. The average molecular weight is 366 g/mol. The second kappa shape index (κ2) is 6.20. The highest BCUT2D eigenvalue weighted by atomic mass is 127. The predicted molar refractivity (Wildman–Crippen MR) is 87.2 cm³/mol. The third-order valence-corrected chi connectivity index (χ3v) is 9.25. The smallest absolute Gasteiger partial charge is 0.192 e. The molecule has 3 heteroatoms. The normalized spacial score (nSPS) is 21.3. The zero-order valence-electron chi connectivity index (χ0n) is 11.9. The first-order valence-electron chi connectivity index (χ1n) is 6.72. The van der Waals surface area contributed by atoms with Gasteiger partial charge < -0.3 is 4.43 Å². The highest BCUT2D eigenvalue weighted by Crippen LogP contribution is 2.40. The van der Waals surface area contributed by atoms with Crippen LogP contribution in [0.3, 0.4) is 0 Å². The molecule has 100 valence electrons. The minimum absolute atomic E-state index is 0.308. The molecule has 1 nitrogen and oxygen atoms in total. The summed E-state index contributed by atoms with van der Waals surface area (Å²) in [6.45, 7) is 11.7. The van der Waals surface area contributed by atoms with Gasteiger partial charge in [0, 0.05) is 0 Å². The Hall–Kier alpha value is 0.647. The summed E-state index contributed by atoms with van der Waals surface area (Å²) in [6.07, 6.45) is 8.10. The summed E-state index contributed by atoms with van der Waals surface area (Å²) in [4.78, 5) is 0. The lowest BCUT2D eigenvalue weighted by atomic mass is 10.0. The molecule has 0 aromatic carbocycles. The number of hydrogen-bond donors (Lipinski definition) is 0. The molecule has 17 heavy (non-hydrogen) atoms. The Morgan fingerprint density at radius 3 is 2.18 bits per heavy atom. The standard InChI is InChI=1S/C14H27IOSi/c1-14(2,3)17(4,5)16-13(10-11-15)12-8-6-7-9-12/h10-13H,6-9H2,1-5H3/b11-10+. The molecular formula is C14H27IOSi. The van der Waals surface area contributed by atoms with Crippen molar-refractivity contribution in [3.05, 3.63) is 10.2 Å². The summed E-state index contributed by atoms with van der Waals surface area (Å²) in [6, 6.07) is 0. The predicted octanol–water partition coefficient (Wildman–Crippen LogP) is 5.52. The second-order valence-electron chi connectivity index (χ2n) is 6.71. The minimum Gasteiger partial charge on any atom is -0.410 e. The summed E-state index contributed by atoms with van der Waals surface area (Å²) in [5.74, 6) is 0.759. The number of rotatable bonds is 4. The zero-order valence-corrected chi connectivity index (χ0v) is 15.1. The maximum absolute atomic E-state index is 6.57. The van der Waals surface area contributed by atoms with Crippen LogP contribution in [0.15, 0.2) is 10.2 Å². The van der Waals surface area contributed by atoms with Gasteiger partial charge in [-0.3, -0.25) is 0 Å². The van der Waals surface area contributed by atoms with E-state index in [2.05, 4.69) is 66.6 Å². The molecule has 1 rings (SSSR count). The molecule has 0 radical (unpaired) electrons. The van der Waals surface area contributed by atoms with Gasteiger partial charge in [-0.15, -0.1) is 0 Å². The van der Waals surface area contributed by atoms with Gasteiger partial charge in [0.2, 0.25) is 0 Å². The SMILES string of the molecule is CC(C)(C)[Si](C)(C)OC(/C=C/I)C1CCCC1. The van der Waals surface area contributed by atoms with Gasteiger partial charge in [0.25, 0.3) is 0 Å². The molecule has 1 unspecified atom stereocenters. The average Bonchev–Trinajstić information content (AvgIpc) is 2.67. The molecule has 0 saturated heterocycles. The van der Waals surface area contributed by atoms with E-state index < -0.39 is 8.32 Å². The molecule has 1 aliphatic carbocycles. The molecule has 1 atom stereocenters. The molecule has 0 aromatic heterocycles. The van der Waals surface area contributed by atoms with E-state index in [0.717, 1.165) is 5.92 Å². The molecule has 0 amide bonds. The van der Waals surface area contributed by atoms with Gasteiger partial charge in [-0.25, -0.2) is 0 Å². The summed E-state index contributed by atoms with van der Waals surface area (Å²) in [5, 5.41) is 0.308. The molecule has 0 heterocycles. The van der Waals surface area contributed by atoms with Crippen molar-refractivity contribution in [3.63, 3.8) is 0 Å². The van der Waals surface area contributed by atoms with Crippen molar-refractivity contribution in [3.8, 4) is 0 Å². The summed E-state index contributed by atoms with van der Waals surface area (Å²) in [7, 11) is -1.63. The minimum atomic E-state index is -1.63. The molecule has 0 aromatic rings. The summed E-state index contributed by atoms with van der Waals surface area (Å²) >= 11 is 2.32. The van der Waals surface area contributed by atoms with Crippen molar-refractivity contribution in [2.75, 3.05) is 0 Å². The summed E-state index contributed by atoms with van der Waals surface area (Å²) in [5.41, 5.74) is 0. The Morgan fingerprint density at radius 2 is 1.76 bits per heavy atom. The van der Waals surface area contributed by atoms with Crippen LogP contribution in [-0.4, -0.2) is 14.4 Å². The number of hydrogen-bond acceptors (Lipinski definition) is 1. The molecule has 1 fully saturated rings. The van der Waals surface area contributed by atoms with Crippen LogP contribution < -0.4 is 0 Å². The van der Waals surface area contributed by atoms with E-state index in [-0.39, 0.29) is 0 Å².